The molecule has 1 fully saturated rings. The lowest BCUT2D eigenvalue weighted by Crippen LogP contribution is -2.44. The van der Waals surface area contributed by atoms with E-state index in [1.807, 2.05) is 0 Å². The van der Waals surface area contributed by atoms with E-state index in [0.717, 1.165) is 25.7 Å². The molecule has 2 aliphatic heterocycles. The molecule has 0 saturated carbocycles. The molecule has 16 heavy (non-hydrogen) atoms. The highest BCUT2D eigenvalue weighted by molar-refractivity contribution is 5.80. The summed E-state index contributed by atoms with van der Waals surface area (Å²) in [5.41, 5.74) is 5.94. The normalized spacial score (nSPS) is 29.8. The minimum atomic E-state index is 0.371. The second-order valence-corrected chi connectivity index (χ2v) is 4.78. The molecule has 2 N–H and O–H groups in total. The first-order valence-corrected chi connectivity index (χ1v) is 6.49. The number of hydrogen-bond acceptors (Lipinski definition) is 4. The van der Waals surface area contributed by atoms with Gasteiger partial charge in [0, 0.05) is 13.2 Å². The average Bonchev–Trinajstić information content (AvgIpc) is 2.89. The van der Waals surface area contributed by atoms with Gasteiger partial charge in [-0.3, -0.25) is 4.99 Å². The third-order valence-electron chi connectivity index (χ3n) is 3.51. The Morgan fingerprint density at radius 1 is 1.56 bits per heavy atom. The molecule has 92 valence electrons. The van der Waals surface area contributed by atoms with Gasteiger partial charge in [-0.2, -0.15) is 0 Å². The van der Waals surface area contributed by atoms with Crippen molar-refractivity contribution in [1.82, 2.24) is 4.90 Å². The van der Waals surface area contributed by atoms with Gasteiger partial charge in [0.2, 0.25) is 0 Å². The molecular formula is C12H23N3O. The Morgan fingerprint density at radius 3 is 3.12 bits per heavy atom. The molecular weight excluding hydrogens is 202 g/mol. The molecule has 0 aromatic rings. The summed E-state index contributed by atoms with van der Waals surface area (Å²) >= 11 is 0. The van der Waals surface area contributed by atoms with Crippen molar-refractivity contribution in [2.75, 3.05) is 19.7 Å². The summed E-state index contributed by atoms with van der Waals surface area (Å²) in [5, 5.41) is 0. The lowest BCUT2D eigenvalue weighted by molar-refractivity contribution is 0.0842. The highest BCUT2D eigenvalue weighted by Crippen LogP contribution is 2.19. The molecule has 0 amide bonds. The largest absolute Gasteiger partial charge is 0.376 e. The summed E-state index contributed by atoms with van der Waals surface area (Å²) in [6.45, 7) is 4.95. The van der Waals surface area contributed by atoms with Crippen LogP contribution in [0.2, 0.25) is 0 Å². The van der Waals surface area contributed by atoms with Gasteiger partial charge in [0.1, 0.15) is 0 Å². The zero-order chi connectivity index (χ0) is 11.4. The second-order valence-electron chi connectivity index (χ2n) is 4.78. The molecule has 1 saturated heterocycles. The van der Waals surface area contributed by atoms with E-state index >= 15 is 0 Å². The third kappa shape index (κ3) is 2.67. The lowest BCUT2D eigenvalue weighted by atomic mass is 10.1. The summed E-state index contributed by atoms with van der Waals surface area (Å²) in [4.78, 5) is 6.61. The average molecular weight is 225 g/mol. The van der Waals surface area contributed by atoms with Crippen LogP contribution in [-0.2, 0) is 4.74 Å². The number of guanidine groups is 1. The molecule has 2 atom stereocenters. The zero-order valence-electron chi connectivity index (χ0n) is 10.2. The Labute approximate surface area is 97.9 Å². The minimum absolute atomic E-state index is 0.371. The molecule has 0 radical (unpaired) electrons. The molecule has 0 aromatic heterocycles. The predicted molar refractivity (Wildman–Crippen MR) is 65.5 cm³/mol. The fraction of sp³-hybridized carbons (Fsp3) is 0.917. The molecule has 2 rings (SSSR count). The first-order valence-electron chi connectivity index (χ1n) is 6.49. The van der Waals surface area contributed by atoms with Crippen molar-refractivity contribution in [3.63, 3.8) is 0 Å². The van der Waals surface area contributed by atoms with Crippen molar-refractivity contribution < 1.29 is 4.74 Å². The fourth-order valence-corrected chi connectivity index (χ4v) is 2.51. The van der Waals surface area contributed by atoms with Crippen molar-refractivity contribution >= 4 is 5.96 Å². The molecule has 0 bridgehead atoms. The quantitative estimate of drug-likeness (QED) is 0.768. The van der Waals surface area contributed by atoms with E-state index < -0.39 is 0 Å². The first-order chi connectivity index (χ1) is 7.81. The number of nitrogens with zero attached hydrogens (tertiary/aromatic N) is 2. The van der Waals surface area contributed by atoms with E-state index in [-0.39, 0.29) is 0 Å². The Bertz CT molecular complexity index is 249. The summed E-state index contributed by atoms with van der Waals surface area (Å²) in [5.74, 6) is 0.719. The van der Waals surface area contributed by atoms with Gasteiger partial charge in [0.15, 0.2) is 5.96 Å². The van der Waals surface area contributed by atoms with Crippen molar-refractivity contribution in [1.29, 1.82) is 0 Å². The van der Waals surface area contributed by atoms with Crippen molar-refractivity contribution in [3.8, 4) is 0 Å². The van der Waals surface area contributed by atoms with Gasteiger partial charge in [-0.15, -0.1) is 0 Å². The number of aliphatic imine (C=N–C) groups is 1. The SMILES string of the molecule is CCCCC1CN=C(N)N1CC1CCCO1. The Kier molecular flexibility index (Phi) is 4.04. The van der Waals surface area contributed by atoms with E-state index in [9.17, 15) is 0 Å². The van der Waals surface area contributed by atoms with Gasteiger partial charge >= 0.3 is 0 Å². The summed E-state index contributed by atoms with van der Waals surface area (Å²) in [7, 11) is 0. The summed E-state index contributed by atoms with van der Waals surface area (Å²) in [6, 6.07) is 0.518. The number of unbranched alkanes of at least 4 members (excludes halogenated alkanes) is 1. The topological polar surface area (TPSA) is 50.8 Å². The molecule has 2 aliphatic rings. The summed E-state index contributed by atoms with van der Waals surface area (Å²) < 4.78 is 5.66. The first kappa shape index (κ1) is 11.7. The molecule has 4 heteroatoms. The predicted octanol–water partition coefficient (Wildman–Crippen LogP) is 1.35. The standard InChI is InChI=1S/C12H23N3O/c1-2-3-5-10-8-14-12(13)15(10)9-11-6-4-7-16-11/h10-11H,2-9H2,1H3,(H2,13,14). The maximum absolute atomic E-state index is 5.94. The van der Waals surface area contributed by atoms with E-state index in [0.29, 0.717) is 12.1 Å². The van der Waals surface area contributed by atoms with Gasteiger partial charge in [0.05, 0.1) is 18.7 Å². The van der Waals surface area contributed by atoms with Crippen LogP contribution in [0, 0.1) is 0 Å². The summed E-state index contributed by atoms with van der Waals surface area (Å²) in [6.07, 6.45) is 6.43. The maximum Gasteiger partial charge on any atom is 0.191 e. The van der Waals surface area contributed by atoms with E-state index in [1.54, 1.807) is 0 Å². The van der Waals surface area contributed by atoms with Crippen LogP contribution in [0.1, 0.15) is 39.0 Å². The molecule has 0 spiro atoms. The van der Waals surface area contributed by atoms with Crippen LogP contribution < -0.4 is 5.73 Å². The third-order valence-corrected chi connectivity index (χ3v) is 3.51. The number of ether oxygens (including phenoxy) is 1. The molecule has 4 nitrogen and oxygen atoms in total. The number of rotatable bonds is 5. The fourth-order valence-electron chi connectivity index (χ4n) is 2.51. The van der Waals surface area contributed by atoms with E-state index in [1.165, 1.54) is 32.1 Å². The number of hydrogen-bond donors (Lipinski definition) is 1. The highest BCUT2D eigenvalue weighted by atomic mass is 16.5. The van der Waals surface area contributed by atoms with E-state index in [4.69, 9.17) is 10.5 Å². The molecule has 2 heterocycles. The minimum Gasteiger partial charge on any atom is -0.376 e. The van der Waals surface area contributed by atoms with Gasteiger partial charge in [-0.05, 0) is 19.3 Å². The number of nitrogens with two attached hydrogens (primary N) is 1. The van der Waals surface area contributed by atoms with Crippen molar-refractivity contribution in [3.05, 3.63) is 0 Å². The Balaban J connectivity index is 1.85. The Hall–Kier alpha value is -0.770. The lowest BCUT2D eigenvalue weighted by Gasteiger charge is -2.28. The van der Waals surface area contributed by atoms with Crippen molar-refractivity contribution in [2.24, 2.45) is 10.7 Å². The monoisotopic (exact) mass is 225 g/mol. The van der Waals surface area contributed by atoms with Gasteiger partial charge in [-0.25, -0.2) is 0 Å². The van der Waals surface area contributed by atoms with Gasteiger partial charge < -0.3 is 15.4 Å². The van der Waals surface area contributed by atoms with Crippen LogP contribution in [0.25, 0.3) is 0 Å². The van der Waals surface area contributed by atoms with Crippen molar-refractivity contribution in [2.45, 2.75) is 51.2 Å². The highest BCUT2D eigenvalue weighted by Gasteiger charge is 2.29. The molecule has 2 unspecified atom stereocenters. The smallest absolute Gasteiger partial charge is 0.191 e. The van der Waals surface area contributed by atoms with Crippen LogP contribution >= 0.6 is 0 Å². The second kappa shape index (κ2) is 5.53. The Morgan fingerprint density at radius 2 is 2.44 bits per heavy atom. The molecule has 0 aliphatic carbocycles. The van der Waals surface area contributed by atoms with Crippen LogP contribution in [0.15, 0.2) is 4.99 Å². The molecule has 0 aromatic carbocycles. The van der Waals surface area contributed by atoms with E-state index in [2.05, 4.69) is 16.8 Å². The zero-order valence-corrected chi connectivity index (χ0v) is 10.2. The van der Waals surface area contributed by atoms with Crippen LogP contribution in [0.3, 0.4) is 0 Å². The van der Waals surface area contributed by atoms with Gasteiger partial charge in [-0.1, -0.05) is 19.8 Å². The van der Waals surface area contributed by atoms with Gasteiger partial charge in [0.25, 0.3) is 0 Å². The maximum atomic E-state index is 5.94. The van der Waals surface area contributed by atoms with Crippen LogP contribution in [0.4, 0.5) is 0 Å². The van der Waals surface area contributed by atoms with Crippen LogP contribution in [-0.4, -0.2) is 42.7 Å². The van der Waals surface area contributed by atoms with Crippen LogP contribution in [0.5, 0.6) is 0 Å².